The second-order valence-electron chi connectivity index (χ2n) is 2.97. The molecule has 0 aliphatic heterocycles. The van der Waals surface area contributed by atoms with Crippen LogP contribution in [0.1, 0.15) is 12.8 Å². The van der Waals surface area contributed by atoms with E-state index in [0.29, 0.717) is 5.92 Å². The second kappa shape index (κ2) is 2.79. The average molecular weight is 162 g/mol. The van der Waals surface area contributed by atoms with Gasteiger partial charge in [-0.1, -0.05) is 0 Å². The number of hydrogen-bond acceptors (Lipinski definition) is 1. The SMILES string of the molecule is CN(C)C(=O)C(Cl)C1CC1. The first-order chi connectivity index (χ1) is 4.63. The number of hydrogen-bond donors (Lipinski definition) is 0. The Morgan fingerprint density at radius 1 is 1.60 bits per heavy atom. The highest BCUT2D eigenvalue weighted by atomic mass is 35.5. The van der Waals surface area contributed by atoms with E-state index in [1.165, 1.54) is 0 Å². The molecule has 1 aliphatic rings. The lowest BCUT2D eigenvalue weighted by molar-refractivity contribution is -0.128. The minimum atomic E-state index is -0.269. The molecule has 10 heavy (non-hydrogen) atoms. The van der Waals surface area contributed by atoms with Crippen LogP contribution in [0, 0.1) is 5.92 Å². The van der Waals surface area contributed by atoms with Gasteiger partial charge in [0.05, 0.1) is 0 Å². The molecule has 0 aromatic heterocycles. The normalized spacial score (nSPS) is 20.3. The molecule has 0 saturated heterocycles. The Hall–Kier alpha value is -0.240. The Morgan fingerprint density at radius 2 is 2.10 bits per heavy atom. The largest absolute Gasteiger partial charge is 0.348 e. The summed E-state index contributed by atoms with van der Waals surface area (Å²) in [6, 6.07) is 0. The topological polar surface area (TPSA) is 20.3 Å². The zero-order chi connectivity index (χ0) is 7.72. The van der Waals surface area contributed by atoms with Crippen LogP contribution in [0.3, 0.4) is 0 Å². The molecule has 1 unspecified atom stereocenters. The molecule has 58 valence electrons. The van der Waals surface area contributed by atoms with Crippen molar-refractivity contribution in [3.63, 3.8) is 0 Å². The van der Waals surface area contributed by atoms with Crippen LogP contribution in [-0.4, -0.2) is 30.3 Å². The molecule has 0 heterocycles. The quantitative estimate of drug-likeness (QED) is 0.556. The van der Waals surface area contributed by atoms with Crippen LogP contribution in [0.25, 0.3) is 0 Å². The molecule has 0 N–H and O–H groups in total. The van der Waals surface area contributed by atoms with Gasteiger partial charge in [0.25, 0.3) is 0 Å². The van der Waals surface area contributed by atoms with Crippen LogP contribution in [0.15, 0.2) is 0 Å². The van der Waals surface area contributed by atoms with E-state index >= 15 is 0 Å². The molecule has 1 rings (SSSR count). The summed E-state index contributed by atoms with van der Waals surface area (Å²) < 4.78 is 0. The predicted molar refractivity (Wildman–Crippen MR) is 41.1 cm³/mol. The number of rotatable bonds is 2. The summed E-state index contributed by atoms with van der Waals surface area (Å²) in [4.78, 5) is 12.7. The van der Waals surface area contributed by atoms with E-state index in [4.69, 9.17) is 11.6 Å². The van der Waals surface area contributed by atoms with Crippen molar-refractivity contribution in [2.45, 2.75) is 18.2 Å². The van der Waals surface area contributed by atoms with E-state index in [-0.39, 0.29) is 11.3 Å². The third-order valence-electron chi connectivity index (χ3n) is 1.71. The van der Waals surface area contributed by atoms with Crippen molar-refractivity contribution in [3.8, 4) is 0 Å². The summed E-state index contributed by atoms with van der Waals surface area (Å²) >= 11 is 5.83. The van der Waals surface area contributed by atoms with Crippen LogP contribution in [-0.2, 0) is 4.79 Å². The van der Waals surface area contributed by atoms with Crippen molar-refractivity contribution < 1.29 is 4.79 Å². The molecule has 1 amide bonds. The van der Waals surface area contributed by atoms with Gasteiger partial charge in [-0.15, -0.1) is 11.6 Å². The Kier molecular flexibility index (Phi) is 2.19. The molecule has 1 atom stereocenters. The molecule has 0 bridgehead atoms. The Balaban J connectivity index is 2.38. The highest BCUT2D eigenvalue weighted by molar-refractivity contribution is 6.31. The van der Waals surface area contributed by atoms with Crippen molar-refractivity contribution >= 4 is 17.5 Å². The van der Waals surface area contributed by atoms with Crippen molar-refractivity contribution in [1.29, 1.82) is 0 Å². The number of alkyl halides is 1. The number of carbonyl (C=O) groups excluding carboxylic acids is 1. The van der Waals surface area contributed by atoms with Crippen LogP contribution < -0.4 is 0 Å². The fourth-order valence-corrected chi connectivity index (χ4v) is 1.28. The van der Waals surface area contributed by atoms with Gasteiger partial charge in [0, 0.05) is 14.1 Å². The van der Waals surface area contributed by atoms with Crippen molar-refractivity contribution in [2.75, 3.05) is 14.1 Å². The molecule has 3 heteroatoms. The third kappa shape index (κ3) is 1.63. The monoisotopic (exact) mass is 161 g/mol. The summed E-state index contributed by atoms with van der Waals surface area (Å²) in [5, 5.41) is -0.269. The van der Waals surface area contributed by atoms with E-state index in [2.05, 4.69) is 0 Å². The Morgan fingerprint density at radius 3 is 2.40 bits per heavy atom. The van der Waals surface area contributed by atoms with Gasteiger partial charge in [-0.2, -0.15) is 0 Å². The van der Waals surface area contributed by atoms with Gasteiger partial charge in [-0.05, 0) is 18.8 Å². The minimum Gasteiger partial charge on any atom is -0.348 e. The standard InChI is InChI=1S/C7H12ClNO/c1-9(2)7(10)6(8)5-3-4-5/h5-6H,3-4H2,1-2H3. The number of carbonyl (C=O) groups is 1. The molecular formula is C7H12ClNO. The van der Waals surface area contributed by atoms with Gasteiger partial charge in [-0.25, -0.2) is 0 Å². The van der Waals surface area contributed by atoms with Crippen LogP contribution >= 0.6 is 11.6 Å². The average Bonchev–Trinajstić information content (AvgIpc) is 2.65. The van der Waals surface area contributed by atoms with Gasteiger partial charge in [0.1, 0.15) is 5.38 Å². The van der Waals surface area contributed by atoms with Crippen LogP contribution in [0.5, 0.6) is 0 Å². The summed E-state index contributed by atoms with van der Waals surface area (Å²) in [5.74, 6) is 0.501. The molecule has 1 fully saturated rings. The summed E-state index contributed by atoms with van der Waals surface area (Å²) in [6.45, 7) is 0. The zero-order valence-electron chi connectivity index (χ0n) is 6.30. The fraction of sp³-hybridized carbons (Fsp3) is 0.857. The number of amides is 1. The van der Waals surface area contributed by atoms with Gasteiger partial charge in [0.15, 0.2) is 0 Å². The van der Waals surface area contributed by atoms with Crippen molar-refractivity contribution in [1.82, 2.24) is 4.90 Å². The lowest BCUT2D eigenvalue weighted by atomic mass is 10.2. The highest BCUT2D eigenvalue weighted by Crippen LogP contribution is 2.36. The van der Waals surface area contributed by atoms with E-state index < -0.39 is 0 Å². The number of halogens is 1. The maximum atomic E-state index is 11.1. The maximum Gasteiger partial charge on any atom is 0.240 e. The third-order valence-corrected chi connectivity index (χ3v) is 2.26. The van der Waals surface area contributed by atoms with Gasteiger partial charge in [-0.3, -0.25) is 4.79 Å². The van der Waals surface area contributed by atoms with Gasteiger partial charge >= 0.3 is 0 Å². The second-order valence-corrected chi connectivity index (χ2v) is 3.44. The first kappa shape index (κ1) is 7.86. The van der Waals surface area contributed by atoms with Crippen LogP contribution in [0.2, 0.25) is 0 Å². The molecule has 0 aromatic rings. The lowest BCUT2D eigenvalue weighted by Gasteiger charge is -2.13. The first-order valence-electron chi connectivity index (χ1n) is 3.48. The van der Waals surface area contributed by atoms with Crippen molar-refractivity contribution in [3.05, 3.63) is 0 Å². The molecule has 0 spiro atoms. The molecule has 1 aliphatic carbocycles. The molecular weight excluding hydrogens is 150 g/mol. The summed E-state index contributed by atoms with van der Waals surface area (Å²) in [6.07, 6.45) is 2.24. The van der Waals surface area contributed by atoms with E-state index in [1.807, 2.05) is 0 Å². The Bertz CT molecular complexity index is 143. The molecule has 1 saturated carbocycles. The molecule has 0 radical (unpaired) electrons. The molecule has 2 nitrogen and oxygen atoms in total. The summed E-state index contributed by atoms with van der Waals surface area (Å²) in [5.41, 5.74) is 0. The predicted octanol–water partition coefficient (Wildman–Crippen LogP) is 1.09. The maximum absolute atomic E-state index is 11.1. The smallest absolute Gasteiger partial charge is 0.240 e. The van der Waals surface area contributed by atoms with E-state index in [9.17, 15) is 4.79 Å². The first-order valence-corrected chi connectivity index (χ1v) is 3.92. The summed E-state index contributed by atoms with van der Waals surface area (Å²) in [7, 11) is 3.47. The Labute approximate surface area is 66.1 Å². The number of nitrogens with zero attached hydrogens (tertiary/aromatic N) is 1. The van der Waals surface area contributed by atoms with Gasteiger partial charge in [0.2, 0.25) is 5.91 Å². The van der Waals surface area contributed by atoms with E-state index in [1.54, 1.807) is 19.0 Å². The zero-order valence-corrected chi connectivity index (χ0v) is 7.06. The lowest BCUT2D eigenvalue weighted by Crippen LogP contribution is -2.31. The van der Waals surface area contributed by atoms with E-state index in [0.717, 1.165) is 12.8 Å². The van der Waals surface area contributed by atoms with Gasteiger partial charge < -0.3 is 4.90 Å². The van der Waals surface area contributed by atoms with Crippen LogP contribution in [0.4, 0.5) is 0 Å². The fourth-order valence-electron chi connectivity index (χ4n) is 0.837. The van der Waals surface area contributed by atoms with Crippen molar-refractivity contribution in [2.24, 2.45) is 5.92 Å². The highest BCUT2D eigenvalue weighted by Gasteiger charge is 2.35. The minimum absolute atomic E-state index is 0.0455. The molecule has 0 aromatic carbocycles.